The first kappa shape index (κ1) is 14.4. The van der Waals surface area contributed by atoms with Crippen molar-refractivity contribution >= 4 is 0 Å². The highest BCUT2D eigenvalue weighted by molar-refractivity contribution is 5.46. The monoisotopic (exact) mass is 276 g/mol. The zero-order valence-corrected chi connectivity index (χ0v) is 12.3. The van der Waals surface area contributed by atoms with Gasteiger partial charge in [-0.05, 0) is 19.9 Å². The van der Waals surface area contributed by atoms with Crippen molar-refractivity contribution < 1.29 is 14.0 Å². The van der Waals surface area contributed by atoms with E-state index < -0.39 is 0 Å². The second-order valence-corrected chi connectivity index (χ2v) is 4.56. The molecule has 1 aromatic heterocycles. The Kier molecular flexibility index (Phi) is 4.63. The Morgan fingerprint density at radius 2 is 1.95 bits per heavy atom. The maximum absolute atomic E-state index is 5.41. The first-order valence-corrected chi connectivity index (χ1v) is 6.49. The molecule has 1 N–H and O–H groups in total. The second kappa shape index (κ2) is 6.43. The molecule has 0 saturated heterocycles. The van der Waals surface area contributed by atoms with Crippen molar-refractivity contribution in [3.05, 3.63) is 40.8 Å². The number of rotatable bonds is 6. The van der Waals surface area contributed by atoms with Gasteiger partial charge in [-0.1, -0.05) is 17.3 Å². The minimum Gasteiger partial charge on any atom is -0.493 e. The molecule has 108 valence electrons. The van der Waals surface area contributed by atoms with E-state index in [0.717, 1.165) is 34.1 Å². The van der Waals surface area contributed by atoms with Gasteiger partial charge in [-0.25, -0.2) is 0 Å². The summed E-state index contributed by atoms with van der Waals surface area (Å²) in [4.78, 5) is 0. The van der Waals surface area contributed by atoms with Crippen LogP contribution in [0.2, 0.25) is 0 Å². The average molecular weight is 276 g/mol. The molecule has 5 heteroatoms. The molecule has 2 aromatic rings. The quantitative estimate of drug-likeness (QED) is 0.879. The summed E-state index contributed by atoms with van der Waals surface area (Å²) in [6, 6.07) is 5.85. The highest BCUT2D eigenvalue weighted by atomic mass is 16.5. The smallest absolute Gasteiger partial charge is 0.165 e. The summed E-state index contributed by atoms with van der Waals surface area (Å²) in [7, 11) is 3.29. The lowest BCUT2D eigenvalue weighted by Gasteiger charge is -2.13. The predicted molar refractivity (Wildman–Crippen MR) is 76.1 cm³/mol. The molecule has 0 fully saturated rings. The normalized spacial score (nSPS) is 10.6. The molecule has 0 saturated carbocycles. The number of hydrogen-bond donors (Lipinski definition) is 1. The van der Waals surface area contributed by atoms with Crippen LogP contribution in [0.5, 0.6) is 11.5 Å². The van der Waals surface area contributed by atoms with Crippen molar-refractivity contribution in [2.75, 3.05) is 14.2 Å². The third kappa shape index (κ3) is 2.93. The zero-order valence-electron chi connectivity index (χ0n) is 12.3. The Hall–Kier alpha value is -2.01. The molecule has 0 unspecified atom stereocenters. The summed E-state index contributed by atoms with van der Waals surface area (Å²) < 4.78 is 15.8. The molecule has 0 amide bonds. The Bertz CT molecular complexity index is 559. The lowest BCUT2D eigenvalue weighted by Crippen LogP contribution is -2.14. The minimum atomic E-state index is 0.685. The molecule has 2 rings (SSSR count). The van der Waals surface area contributed by atoms with Crippen LogP contribution in [0.15, 0.2) is 22.7 Å². The lowest BCUT2D eigenvalue weighted by atomic mass is 10.1. The predicted octanol–water partition coefficient (Wildman–Crippen LogP) is 2.60. The highest BCUT2D eigenvalue weighted by Gasteiger charge is 2.11. The highest BCUT2D eigenvalue weighted by Crippen LogP contribution is 2.30. The van der Waals surface area contributed by atoms with Gasteiger partial charge in [-0.3, -0.25) is 0 Å². The number of para-hydroxylation sites is 1. The van der Waals surface area contributed by atoms with Gasteiger partial charge in [-0.15, -0.1) is 0 Å². The number of nitrogens with zero attached hydrogens (tertiary/aromatic N) is 1. The number of aryl methyl sites for hydroxylation is 2. The van der Waals surface area contributed by atoms with Crippen LogP contribution in [0.3, 0.4) is 0 Å². The molecule has 0 aliphatic carbocycles. The Morgan fingerprint density at radius 1 is 1.15 bits per heavy atom. The molecular weight excluding hydrogens is 256 g/mol. The molecule has 0 radical (unpaired) electrons. The summed E-state index contributed by atoms with van der Waals surface area (Å²) in [6.07, 6.45) is 0. The SMILES string of the molecule is COc1cccc(CNCc2c(C)noc2C)c1OC. The fourth-order valence-electron chi connectivity index (χ4n) is 2.17. The zero-order chi connectivity index (χ0) is 14.5. The maximum atomic E-state index is 5.41. The molecule has 0 atom stereocenters. The largest absolute Gasteiger partial charge is 0.493 e. The van der Waals surface area contributed by atoms with Crippen LogP contribution in [0, 0.1) is 13.8 Å². The molecular formula is C15H20N2O3. The summed E-state index contributed by atoms with van der Waals surface area (Å²) >= 11 is 0. The molecule has 1 aromatic carbocycles. The fraction of sp³-hybridized carbons (Fsp3) is 0.400. The van der Waals surface area contributed by atoms with Crippen molar-refractivity contribution in [3.63, 3.8) is 0 Å². The number of methoxy groups -OCH3 is 2. The first-order valence-electron chi connectivity index (χ1n) is 6.49. The maximum Gasteiger partial charge on any atom is 0.165 e. The van der Waals surface area contributed by atoms with E-state index in [2.05, 4.69) is 10.5 Å². The standard InChI is InChI=1S/C15H20N2O3/c1-10-13(11(2)20-17-10)9-16-8-12-6-5-7-14(18-3)15(12)19-4/h5-7,16H,8-9H2,1-4H3. The summed E-state index contributed by atoms with van der Waals surface area (Å²) in [5, 5.41) is 7.32. The van der Waals surface area contributed by atoms with Crippen LogP contribution >= 0.6 is 0 Å². The van der Waals surface area contributed by atoms with E-state index in [4.69, 9.17) is 14.0 Å². The van der Waals surface area contributed by atoms with Crippen LogP contribution in [0.4, 0.5) is 0 Å². The van der Waals surface area contributed by atoms with E-state index >= 15 is 0 Å². The number of aromatic nitrogens is 1. The van der Waals surface area contributed by atoms with Crippen molar-refractivity contribution in [3.8, 4) is 11.5 Å². The van der Waals surface area contributed by atoms with Crippen molar-refractivity contribution in [1.82, 2.24) is 10.5 Å². The van der Waals surface area contributed by atoms with Gasteiger partial charge < -0.3 is 19.3 Å². The Labute approximate surface area is 118 Å². The fourth-order valence-corrected chi connectivity index (χ4v) is 2.17. The average Bonchev–Trinajstić information content (AvgIpc) is 2.78. The van der Waals surface area contributed by atoms with Crippen molar-refractivity contribution in [2.45, 2.75) is 26.9 Å². The molecule has 0 aliphatic heterocycles. The molecule has 5 nitrogen and oxygen atoms in total. The summed E-state index contributed by atoms with van der Waals surface area (Å²) in [5.74, 6) is 2.36. The molecule has 20 heavy (non-hydrogen) atoms. The number of benzene rings is 1. The summed E-state index contributed by atoms with van der Waals surface area (Å²) in [5.41, 5.74) is 3.08. The van der Waals surface area contributed by atoms with E-state index in [1.54, 1.807) is 14.2 Å². The molecule has 1 heterocycles. The second-order valence-electron chi connectivity index (χ2n) is 4.56. The van der Waals surface area contributed by atoms with Gasteiger partial charge in [0.2, 0.25) is 0 Å². The third-order valence-electron chi connectivity index (χ3n) is 3.28. The van der Waals surface area contributed by atoms with E-state index in [-0.39, 0.29) is 0 Å². The van der Waals surface area contributed by atoms with Crippen LogP contribution < -0.4 is 14.8 Å². The van der Waals surface area contributed by atoms with E-state index in [9.17, 15) is 0 Å². The number of hydrogen-bond acceptors (Lipinski definition) is 5. The van der Waals surface area contributed by atoms with Gasteiger partial charge in [0.05, 0.1) is 19.9 Å². The van der Waals surface area contributed by atoms with Crippen molar-refractivity contribution in [2.24, 2.45) is 0 Å². The van der Waals surface area contributed by atoms with Gasteiger partial charge in [-0.2, -0.15) is 0 Å². The van der Waals surface area contributed by atoms with E-state index in [1.807, 2.05) is 32.0 Å². The van der Waals surface area contributed by atoms with Crippen LogP contribution in [0.25, 0.3) is 0 Å². The molecule has 0 aliphatic rings. The number of nitrogens with one attached hydrogen (secondary N) is 1. The first-order chi connectivity index (χ1) is 9.67. The van der Waals surface area contributed by atoms with E-state index in [1.165, 1.54) is 0 Å². The van der Waals surface area contributed by atoms with Gasteiger partial charge >= 0.3 is 0 Å². The van der Waals surface area contributed by atoms with E-state index in [0.29, 0.717) is 13.1 Å². The van der Waals surface area contributed by atoms with Gasteiger partial charge in [0.15, 0.2) is 11.5 Å². The van der Waals surface area contributed by atoms with Crippen molar-refractivity contribution in [1.29, 1.82) is 0 Å². The Balaban J connectivity index is 2.04. The topological polar surface area (TPSA) is 56.5 Å². The Morgan fingerprint density at radius 3 is 2.55 bits per heavy atom. The molecule has 0 bridgehead atoms. The third-order valence-corrected chi connectivity index (χ3v) is 3.28. The van der Waals surface area contributed by atoms with Crippen LogP contribution in [-0.4, -0.2) is 19.4 Å². The number of ether oxygens (including phenoxy) is 2. The minimum absolute atomic E-state index is 0.685. The van der Waals surface area contributed by atoms with Gasteiger partial charge in [0, 0.05) is 24.2 Å². The van der Waals surface area contributed by atoms with Crippen LogP contribution in [0.1, 0.15) is 22.6 Å². The molecule has 0 spiro atoms. The van der Waals surface area contributed by atoms with Crippen LogP contribution in [-0.2, 0) is 13.1 Å². The van der Waals surface area contributed by atoms with Gasteiger partial charge in [0.25, 0.3) is 0 Å². The lowest BCUT2D eigenvalue weighted by molar-refractivity contribution is 0.350. The van der Waals surface area contributed by atoms with Gasteiger partial charge in [0.1, 0.15) is 5.76 Å². The summed E-state index contributed by atoms with van der Waals surface area (Å²) in [6.45, 7) is 5.26.